The molecule has 1 N–H and O–H groups in total. The summed E-state index contributed by atoms with van der Waals surface area (Å²) in [5.41, 5.74) is 1.42. The first-order valence-electron chi connectivity index (χ1n) is 6.24. The number of thiophene rings is 1. The summed E-state index contributed by atoms with van der Waals surface area (Å²) in [6.07, 6.45) is 2.90. The lowest BCUT2D eigenvalue weighted by atomic mass is 10.0. The van der Waals surface area contributed by atoms with Crippen LogP contribution in [-0.4, -0.2) is 23.6 Å². The molecule has 1 unspecified atom stereocenters. The van der Waals surface area contributed by atoms with Crippen molar-refractivity contribution < 1.29 is 0 Å². The molecular formula is C13H15BrN4S. The quantitative estimate of drug-likeness (QED) is 0.910. The van der Waals surface area contributed by atoms with Gasteiger partial charge in [0.15, 0.2) is 0 Å². The molecule has 3 rings (SSSR count). The number of nitrogens with zero attached hydrogens (tertiary/aromatic N) is 3. The van der Waals surface area contributed by atoms with Gasteiger partial charge in [0.25, 0.3) is 0 Å². The minimum atomic E-state index is 0.353. The van der Waals surface area contributed by atoms with Crippen LogP contribution in [0.25, 0.3) is 0 Å². The Morgan fingerprint density at radius 3 is 3.16 bits per heavy atom. The molecule has 0 radical (unpaired) electrons. The second kappa shape index (κ2) is 5.09. The molecule has 0 bridgehead atoms. The van der Waals surface area contributed by atoms with E-state index in [0.29, 0.717) is 12.0 Å². The predicted octanol–water partition coefficient (Wildman–Crippen LogP) is 3.47. The molecule has 0 fully saturated rings. The smallest absolute Gasteiger partial charge is 0.224 e. The molecule has 0 aromatic carbocycles. The van der Waals surface area contributed by atoms with E-state index >= 15 is 0 Å². The Hall–Kier alpha value is -1.14. The van der Waals surface area contributed by atoms with Crippen molar-refractivity contribution in [3.63, 3.8) is 0 Å². The molecule has 4 nitrogen and oxygen atoms in total. The van der Waals surface area contributed by atoms with Crippen LogP contribution in [0.5, 0.6) is 0 Å². The largest absolute Gasteiger partial charge is 0.357 e. The van der Waals surface area contributed by atoms with E-state index in [1.54, 1.807) is 0 Å². The topological polar surface area (TPSA) is 41.1 Å². The maximum atomic E-state index is 4.58. The van der Waals surface area contributed by atoms with Crippen molar-refractivity contribution >= 4 is 39.0 Å². The molecular weight excluding hydrogens is 324 g/mol. The fraction of sp³-hybridized carbons (Fsp3) is 0.385. The molecule has 0 aliphatic carbocycles. The molecule has 1 aliphatic rings. The lowest BCUT2D eigenvalue weighted by Crippen LogP contribution is -2.34. The third-order valence-corrected chi connectivity index (χ3v) is 5.05. The average molecular weight is 339 g/mol. The first kappa shape index (κ1) is 12.9. The molecule has 100 valence electrons. The summed E-state index contributed by atoms with van der Waals surface area (Å²) < 4.78 is 0.942. The summed E-state index contributed by atoms with van der Waals surface area (Å²) in [5, 5.41) is 5.17. The summed E-state index contributed by atoms with van der Waals surface area (Å²) >= 11 is 5.42. The van der Waals surface area contributed by atoms with Gasteiger partial charge in [-0.2, -0.15) is 4.98 Å². The van der Waals surface area contributed by atoms with Crippen LogP contribution >= 0.6 is 27.3 Å². The fourth-order valence-corrected chi connectivity index (χ4v) is 3.86. The molecule has 1 aliphatic heterocycles. The highest BCUT2D eigenvalue weighted by Gasteiger charge is 2.27. The molecule has 0 amide bonds. The van der Waals surface area contributed by atoms with Gasteiger partial charge >= 0.3 is 0 Å². The van der Waals surface area contributed by atoms with Crippen molar-refractivity contribution in [2.75, 3.05) is 23.8 Å². The highest BCUT2D eigenvalue weighted by Crippen LogP contribution is 2.37. The van der Waals surface area contributed by atoms with Gasteiger partial charge in [0.05, 0.1) is 10.5 Å². The van der Waals surface area contributed by atoms with Gasteiger partial charge in [-0.25, -0.2) is 4.98 Å². The van der Waals surface area contributed by atoms with Gasteiger partial charge < -0.3 is 10.2 Å². The Balaban J connectivity index is 1.99. The normalized spacial score (nSPS) is 18.3. The van der Waals surface area contributed by atoms with Crippen molar-refractivity contribution in [1.29, 1.82) is 0 Å². The van der Waals surface area contributed by atoms with Crippen LogP contribution in [0.1, 0.15) is 23.4 Å². The second-order valence-electron chi connectivity index (χ2n) is 4.53. The van der Waals surface area contributed by atoms with Gasteiger partial charge in [-0.05, 0) is 46.3 Å². The van der Waals surface area contributed by atoms with Crippen molar-refractivity contribution in [3.8, 4) is 0 Å². The first-order valence-corrected chi connectivity index (χ1v) is 7.91. The summed E-state index contributed by atoms with van der Waals surface area (Å²) in [4.78, 5) is 12.6. The molecule has 0 saturated heterocycles. The molecule has 0 spiro atoms. The number of nitrogens with one attached hydrogen (secondary N) is 1. The van der Waals surface area contributed by atoms with Crippen LogP contribution in [-0.2, 0) is 6.42 Å². The fourth-order valence-electron chi connectivity index (χ4n) is 2.48. The standard InChI is InChI=1S/C13H15BrN4S/c1-8-9-4-6-19-11(9)3-5-18(8)12-10(14)7-16-13(15-2)17-12/h4,6-8H,3,5H2,1-2H3,(H,15,16,17). The number of halogens is 1. The minimum Gasteiger partial charge on any atom is -0.357 e. The Morgan fingerprint density at radius 2 is 2.37 bits per heavy atom. The lowest BCUT2D eigenvalue weighted by molar-refractivity contribution is 0.623. The van der Waals surface area contributed by atoms with Crippen molar-refractivity contribution in [2.24, 2.45) is 0 Å². The zero-order valence-electron chi connectivity index (χ0n) is 10.9. The van der Waals surface area contributed by atoms with Gasteiger partial charge in [0, 0.05) is 24.7 Å². The Kier molecular flexibility index (Phi) is 3.45. The molecule has 1 atom stereocenters. The van der Waals surface area contributed by atoms with Crippen molar-refractivity contribution in [2.45, 2.75) is 19.4 Å². The zero-order chi connectivity index (χ0) is 13.4. The predicted molar refractivity (Wildman–Crippen MR) is 83.1 cm³/mol. The number of anilines is 2. The maximum absolute atomic E-state index is 4.58. The highest BCUT2D eigenvalue weighted by atomic mass is 79.9. The molecule has 6 heteroatoms. The van der Waals surface area contributed by atoms with E-state index < -0.39 is 0 Å². The summed E-state index contributed by atoms with van der Waals surface area (Å²) in [6, 6.07) is 2.58. The number of rotatable bonds is 2. The van der Waals surface area contributed by atoms with Gasteiger partial charge in [-0.15, -0.1) is 11.3 Å². The van der Waals surface area contributed by atoms with Gasteiger partial charge in [-0.3, -0.25) is 0 Å². The second-order valence-corrected chi connectivity index (χ2v) is 6.39. The van der Waals surface area contributed by atoms with E-state index in [0.717, 1.165) is 23.3 Å². The number of fused-ring (bicyclic) bond motifs is 1. The third kappa shape index (κ3) is 2.23. The number of hydrogen-bond acceptors (Lipinski definition) is 5. The zero-order valence-corrected chi connectivity index (χ0v) is 13.3. The van der Waals surface area contributed by atoms with Gasteiger partial charge in [0.2, 0.25) is 5.95 Å². The van der Waals surface area contributed by atoms with Gasteiger partial charge in [-0.1, -0.05) is 0 Å². The van der Waals surface area contributed by atoms with E-state index in [1.807, 2.05) is 24.6 Å². The van der Waals surface area contributed by atoms with Crippen LogP contribution in [0.4, 0.5) is 11.8 Å². The van der Waals surface area contributed by atoms with E-state index in [1.165, 1.54) is 10.4 Å². The van der Waals surface area contributed by atoms with Crippen LogP contribution in [0, 0.1) is 0 Å². The van der Waals surface area contributed by atoms with E-state index in [2.05, 4.69) is 54.5 Å². The average Bonchev–Trinajstić information content (AvgIpc) is 2.90. The van der Waals surface area contributed by atoms with Crippen molar-refractivity contribution in [1.82, 2.24) is 9.97 Å². The molecule has 0 saturated carbocycles. The SMILES string of the molecule is CNc1ncc(Br)c(N2CCc3sccc3C2C)n1. The number of hydrogen-bond donors (Lipinski definition) is 1. The van der Waals surface area contributed by atoms with E-state index in [9.17, 15) is 0 Å². The minimum absolute atomic E-state index is 0.353. The summed E-state index contributed by atoms with van der Waals surface area (Å²) in [5.74, 6) is 1.62. The van der Waals surface area contributed by atoms with Crippen molar-refractivity contribution in [3.05, 3.63) is 32.6 Å². The van der Waals surface area contributed by atoms with Crippen LogP contribution in [0.15, 0.2) is 22.1 Å². The molecule has 19 heavy (non-hydrogen) atoms. The maximum Gasteiger partial charge on any atom is 0.224 e. The summed E-state index contributed by atoms with van der Waals surface area (Å²) in [7, 11) is 1.84. The Bertz CT molecular complexity index is 598. The van der Waals surface area contributed by atoms with Gasteiger partial charge in [0.1, 0.15) is 5.82 Å². The highest BCUT2D eigenvalue weighted by molar-refractivity contribution is 9.10. The van der Waals surface area contributed by atoms with Crippen LogP contribution < -0.4 is 10.2 Å². The molecule has 2 aromatic rings. The summed E-state index contributed by atoms with van der Waals surface area (Å²) in [6.45, 7) is 3.23. The lowest BCUT2D eigenvalue weighted by Gasteiger charge is -2.35. The molecule has 2 aromatic heterocycles. The Labute approximate surface area is 125 Å². The van der Waals surface area contributed by atoms with E-state index in [4.69, 9.17) is 0 Å². The number of aromatic nitrogens is 2. The monoisotopic (exact) mass is 338 g/mol. The van der Waals surface area contributed by atoms with Crippen LogP contribution in [0.3, 0.4) is 0 Å². The Morgan fingerprint density at radius 1 is 1.53 bits per heavy atom. The van der Waals surface area contributed by atoms with Crippen LogP contribution in [0.2, 0.25) is 0 Å². The first-order chi connectivity index (χ1) is 9.20. The van der Waals surface area contributed by atoms with E-state index in [-0.39, 0.29) is 0 Å². The third-order valence-electron chi connectivity index (χ3n) is 3.50. The molecule has 3 heterocycles.